The van der Waals surface area contributed by atoms with Crippen LogP contribution in [0.25, 0.3) is 0 Å². The van der Waals surface area contributed by atoms with Crippen molar-refractivity contribution in [1.82, 2.24) is 0 Å². The maximum absolute atomic E-state index is 12.1. The van der Waals surface area contributed by atoms with E-state index in [2.05, 4.69) is 19.1 Å². The quantitative estimate of drug-likeness (QED) is 0.307. The molecule has 0 aromatic rings. The van der Waals surface area contributed by atoms with E-state index in [1.807, 2.05) is 0 Å². The minimum Gasteiger partial charge on any atom is -0.465 e. The molecule has 0 spiro atoms. The molecular weight excluding hydrogens is 240 g/mol. The lowest BCUT2D eigenvalue weighted by molar-refractivity contribution is -0.153. The van der Waals surface area contributed by atoms with Crippen molar-refractivity contribution in [3.05, 3.63) is 12.2 Å². The number of hydrogen-bond donors (Lipinski definition) is 0. The number of esters is 1. The summed E-state index contributed by atoms with van der Waals surface area (Å²) in [6.45, 7) is 4.33. The van der Waals surface area contributed by atoms with E-state index in [0.717, 1.165) is 12.8 Å². The van der Waals surface area contributed by atoms with Gasteiger partial charge >= 0.3 is 5.97 Å². The molecule has 2 aliphatic carbocycles. The number of allylic oxidation sites excluding steroid dienone is 2. The lowest BCUT2D eigenvalue weighted by Gasteiger charge is -2.11. The van der Waals surface area contributed by atoms with Gasteiger partial charge in [-0.25, -0.2) is 0 Å². The van der Waals surface area contributed by atoms with Gasteiger partial charge in [-0.2, -0.15) is 0 Å². The molecule has 3 heteroatoms. The van der Waals surface area contributed by atoms with Crippen LogP contribution in [0.4, 0.5) is 0 Å². The van der Waals surface area contributed by atoms with Gasteiger partial charge in [0, 0.05) is 12.3 Å². The number of ether oxygens (including phenoxy) is 1. The fourth-order valence-corrected chi connectivity index (χ4v) is 3.48. The molecule has 0 saturated heterocycles. The van der Waals surface area contributed by atoms with E-state index in [1.54, 1.807) is 6.92 Å². The Labute approximate surface area is 115 Å². The van der Waals surface area contributed by atoms with Crippen LogP contribution >= 0.6 is 0 Å². The molecule has 0 aliphatic heterocycles. The molecule has 0 heterocycles. The summed E-state index contributed by atoms with van der Waals surface area (Å²) in [5.41, 5.74) is -0.794. The Bertz CT molecular complexity index is 385. The zero-order valence-corrected chi connectivity index (χ0v) is 12.0. The molecule has 0 aromatic carbocycles. The van der Waals surface area contributed by atoms with Gasteiger partial charge in [0.1, 0.15) is 5.41 Å². The van der Waals surface area contributed by atoms with Crippen molar-refractivity contribution in [3.63, 3.8) is 0 Å². The van der Waals surface area contributed by atoms with Crippen molar-refractivity contribution in [3.8, 4) is 0 Å². The van der Waals surface area contributed by atoms with Crippen LogP contribution in [-0.4, -0.2) is 18.4 Å². The van der Waals surface area contributed by atoms with Gasteiger partial charge < -0.3 is 4.74 Å². The number of Topliss-reactive ketones (excluding diaryl/α,β-unsaturated/α-hetero) is 1. The maximum atomic E-state index is 12.1. The predicted octanol–water partition coefficient (Wildman–Crippen LogP) is 3.28. The van der Waals surface area contributed by atoms with Crippen molar-refractivity contribution in [1.29, 1.82) is 0 Å². The molecule has 3 atom stereocenters. The molecule has 2 fully saturated rings. The molecule has 106 valence electrons. The van der Waals surface area contributed by atoms with Crippen molar-refractivity contribution >= 4 is 11.8 Å². The Hall–Kier alpha value is -1.12. The molecule has 1 unspecified atom stereocenters. The number of carbonyl (C=O) groups is 2. The number of ketones is 1. The maximum Gasteiger partial charge on any atom is 0.320 e. The summed E-state index contributed by atoms with van der Waals surface area (Å²) in [6.07, 6.45) is 10.3. The number of carbonyl (C=O) groups excluding carboxylic acids is 2. The molecule has 0 N–H and O–H groups in total. The first-order valence-electron chi connectivity index (χ1n) is 7.56. The van der Waals surface area contributed by atoms with Crippen molar-refractivity contribution in [2.45, 2.75) is 52.4 Å². The van der Waals surface area contributed by atoms with Crippen molar-refractivity contribution in [2.75, 3.05) is 6.61 Å². The zero-order valence-electron chi connectivity index (χ0n) is 12.0. The molecule has 0 radical (unpaired) electrons. The average molecular weight is 264 g/mol. The number of rotatable bonds is 7. The summed E-state index contributed by atoms with van der Waals surface area (Å²) in [5.74, 6) is 0.126. The van der Waals surface area contributed by atoms with Gasteiger partial charge in [0.25, 0.3) is 0 Å². The highest BCUT2D eigenvalue weighted by Crippen LogP contribution is 2.67. The van der Waals surface area contributed by atoms with E-state index in [1.165, 1.54) is 19.3 Å². The van der Waals surface area contributed by atoms with E-state index in [4.69, 9.17) is 4.74 Å². The van der Waals surface area contributed by atoms with Gasteiger partial charge in [-0.15, -0.1) is 0 Å². The molecule has 3 nitrogen and oxygen atoms in total. The van der Waals surface area contributed by atoms with Crippen LogP contribution in [0.3, 0.4) is 0 Å². The van der Waals surface area contributed by atoms with Crippen LogP contribution in [0.15, 0.2) is 12.2 Å². The van der Waals surface area contributed by atoms with Crippen LogP contribution in [0.5, 0.6) is 0 Å². The van der Waals surface area contributed by atoms with Gasteiger partial charge in [-0.3, -0.25) is 9.59 Å². The Morgan fingerprint density at radius 2 is 2.21 bits per heavy atom. The Kier molecular flexibility index (Phi) is 4.43. The van der Waals surface area contributed by atoms with Gasteiger partial charge in [0.05, 0.1) is 6.61 Å². The fraction of sp³-hybridized carbons (Fsp3) is 0.750. The van der Waals surface area contributed by atoms with E-state index in [9.17, 15) is 9.59 Å². The van der Waals surface area contributed by atoms with Crippen LogP contribution in [0, 0.1) is 17.3 Å². The molecule has 2 saturated carbocycles. The normalized spacial score (nSPS) is 32.6. The SMILES string of the molecule is CCCCCC=CC1[C@H]2CCC(=O)[C@]12C(=O)OCC. The van der Waals surface area contributed by atoms with Crippen LogP contribution in [0.1, 0.15) is 52.4 Å². The standard InChI is InChI=1S/C16H24O3/c1-3-5-6-7-8-9-12-13-10-11-14(17)16(12,13)15(18)19-4-2/h8-9,12-13H,3-7,10-11H2,1-2H3/t12?,13-,16+/m1/s1. The van der Waals surface area contributed by atoms with Gasteiger partial charge in [-0.1, -0.05) is 31.9 Å². The van der Waals surface area contributed by atoms with Crippen molar-refractivity contribution in [2.24, 2.45) is 17.3 Å². The van der Waals surface area contributed by atoms with Crippen LogP contribution < -0.4 is 0 Å². The minimum absolute atomic E-state index is 0.0964. The summed E-state index contributed by atoms with van der Waals surface area (Å²) in [7, 11) is 0. The summed E-state index contributed by atoms with van der Waals surface area (Å²) in [5, 5.41) is 0. The molecular formula is C16H24O3. The summed E-state index contributed by atoms with van der Waals surface area (Å²) < 4.78 is 5.12. The summed E-state index contributed by atoms with van der Waals surface area (Å²) in [4.78, 5) is 24.2. The second-order valence-electron chi connectivity index (χ2n) is 5.61. The Balaban J connectivity index is 1.96. The topological polar surface area (TPSA) is 43.4 Å². The van der Waals surface area contributed by atoms with E-state index in [-0.39, 0.29) is 23.6 Å². The Morgan fingerprint density at radius 3 is 2.89 bits per heavy atom. The first-order valence-corrected chi connectivity index (χ1v) is 7.56. The molecule has 0 aromatic heterocycles. The number of fused-ring (bicyclic) bond motifs is 1. The molecule has 19 heavy (non-hydrogen) atoms. The van der Waals surface area contributed by atoms with Crippen LogP contribution in [0.2, 0.25) is 0 Å². The third-order valence-corrected chi connectivity index (χ3v) is 4.51. The fourth-order valence-electron chi connectivity index (χ4n) is 3.48. The second kappa shape index (κ2) is 5.89. The highest BCUT2D eigenvalue weighted by Gasteiger charge is 2.76. The van der Waals surface area contributed by atoms with E-state index < -0.39 is 5.41 Å². The second-order valence-corrected chi connectivity index (χ2v) is 5.61. The van der Waals surface area contributed by atoms with E-state index >= 15 is 0 Å². The largest absolute Gasteiger partial charge is 0.465 e. The third-order valence-electron chi connectivity index (χ3n) is 4.51. The number of unbranched alkanes of at least 4 members (excludes halogenated alkanes) is 3. The van der Waals surface area contributed by atoms with E-state index in [0.29, 0.717) is 13.0 Å². The summed E-state index contributed by atoms with van der Waals surface area (Å²) in [6, 6.07) is 0. The minimum atomic E-state index is -0.794. The van der Waals surface area contributed by atoms with Crippen LogP contribution in [-0.2, 0) is 14.3 Å². The summed E-state index contributed by atoms with van der Waals surface area (Å²) >= 11 is 0. The average Bonchev–Trinajstić information content (AvgIpc) is 2.91. The first kappa shape index (κ1) is 14.3. The lowest BCUT2D eigenvalue weighted by Crippen LogP contribution is -2.28. The third kappa shape index (κ3) is 2.35. The number of hydrogen-bond acceptors (Lipinski definition) is 3. The first-order chi connectivity index (χ1) is 9.19. The Morgan fingerprint density at radius 1 is 1.42 bits per heavy atom. The van der Waals surface area contributed by atoms with Gasteiger partial charge in [0.2, 0.25) is 0 Å². The highest BCUT2D eigenvalue weighted by molar-refractivity contribution is 6.10. The smallest absolute Gasteiger partial charge is 0.320 e. The molecule has 2 aliphatic rings. The van der Waals surface area contributed by atoms with Gasteiger partial charge in [0.15, 0.2) is 5.78 Å². The zero-order chi connectivity index (χ0) is 13.9. The lowest BCUT2D eigenvalue weighted by atomic mass is 9.98. The molecule has 0 bridgehead atoms. The predicted molar refractivity (Wildman–Crippen MR) is 73.6 cm³/mol. The molecule has 2 rings (SSSR count). The monoisotopic (exact) mass is 264 g/mol. The van der Waals surface area contributed by atoms with Gasteiger partial charge in [-0.05, 0) is 32.1 Å². The highest BCUT2D eigenvalue weighted by atomic mass is 16.5. The van der Waals surface area contributed by atoms with Crippen molar-refractivity contribution < 1.29 is 14.3 Å². The molecule has 0 amide bonds.